The zero-order chi connectivity index (χ0) is 18.0. The van der Waals surface area contributed by atoms with Crippen LogP contribution in [0.2, 0.25) is 0 Å². The van der Waals surface area contributed by atoms with Crippen molar-refractivity contribution in [2.24, 2.45) is 28.6 Å². The molecule has 0 heterocycles. The topological polar surface area (TPSA) is 80.7 Å². The van der Waals surface area contributed by atoms with E-state index < -0.39 is 16.5 Å². The molecule has 1 N–H and O–H groups in total. The number of ketones is 1. The van der Waals surface area contributed by atoms with Crippen molar-refractivity contribution in [3.8, 4) is 0 Å². The molecule has 0 aromatic heterocycles. The average Bonchev–Trinajstić information content (AvgIpc) is 2.82. The largest absolute Gasteiger partial charge is 0.397 e. The Labute approximate surface area is 150 Å². The summed E-state index contributed by atoms with van der Waals surface area (Å²) in [6.07, 6.45) is 8.79. The Morgan fingerprint density at radius 3 is 2.52 bits per heavy atom. The van der Waals surface area contributed by atoms with Gasteiger partial charge in [0.05, 0.1) is 6.10 Å². The number of Topliss-reactive ketones (excluding diaryl/α,β-unsaturated/α-hetero) is 1. The maximum atomic E-state index is 12.4. The molecule has 0 aromatic carbocycles. The van der Waals surface area contributed by atoms with E-state index in [1.807, 2.05) is 0 Å². The van der Waals surface area contributed by atoms with Crippen LogP contribution in [-0.4, -0.2) is 24.9 Å². The zero-order valence-corrected chi connectivity index (χ0v) is 15.8. The van der Waals surface area contributed by atoms with Gasteiger partial charge < -0.3 is 0 Å². The van der Waals surface area contributed by atoms with Gasteiger partial charge in [-0.05, 0) is 68.1 Å². The smallest absolute Gasteiger partial charge is 0.299 e. The van der Waals surface area contributed by atoms with Crippen LogP contribution in [-0.2, 0) is 19.4 Å². The van der Waals surface area contributed by atoms with Gasteiger partial charge in [0.1, 0.15) is 5.78 Å². The molecule has 3 fully saturated rings. The highest BCUT2D eigenvalue weighted by molar-refractivity contribution is 7.80. The minimum atomic E-state index is -4.40. The van der Waals surface area contributed by atoms with Crippen molar-refractivity contribution < 1.29 is 21.9 Å². The van der Waals surface area contributed by atoms with Crippen molar-refractivity contribution in [3.05, 3.63) is 11.6 Å². The van der Waals surface area contributed by atoms with Crippen LogP contribution >= 0.6 is 0 Å². The Kier molecular flexibility index (Phi) is 3.99. The SMILES string of the molecule is C[C@]12CC[C@H](OS(=O)(=O)O)CC1=CC[C@@H]1[C@H]2CC[C@]2(C)C(=O)CC[C@H]12. The van der Waals surface area contributed by atoms with E-state index in [9.17, 15) is 13.2 Å². The summed E-state index contributed by atoms with van der Waals surface area (Å²) in [5.41, 5.74) is 1.25. The molecule has 0 bridgehead atoms. The highest BCUT2D eigenvalue weighted by Gasteiger charge is 2.58. The van der Waals surface area contributed by atoms with E-state index in [0.717, 1.165) is 38.5 Å². The molecule has 0 spiro atoms. The van der Waals surface area contributed by atoms with E-state index >= 15 is 0 Å². The summed E-state index contributed by atoms with van der Waals surface area (Å²) in [4.78, 5) is 12.4. The summed E-state index contributed by atoms with van der Waals surface area (Å²) >= 11 is 0. The van der Waals surface area contributed by atoms with Gasteiger partial charge in [-0.3, -0.25) is 9.35 Å². The lowest BCUT2D eigenvalue weighted by atomic mass is 9.48. The molecule has 4 aliphatic carbocycles. The number of hydrogen-bond acceptors (Lipinski definition) is 4. The number of rotatable bonds is 2. The molecule has 5 nitrogen and oxygen atoms in total. The lowest BCUT2D eigenvalue weighted by Gasteiger charge is -2.56. The van der Waals surface area contributed by atoms with Gasteiger partial charge in [0, 0.05) is 11.8 Å². The summed E-state index contributed by atoms with van der Waals surface area (Å²) in [5.74, 6) is 2.10. The standard InChI is InChI=1S/C19H28O5S/c1-18-9-7-13(24-25(21,22)23)11-12(18)3-4-14-15-5-6-17(20)19(15,2)10-8-16(14)18/h3,13-16H,4-11H2,1-2H3,(H,21,22,23)/t13-,14-,15+,16+,18-,19-/m0/s1. The molecule has 0 aliphatic heterocycles. The molecule has 6 heteroatoms. The quantitative estimate of drug-likeness (QED) is 0.594. The number of carbonyl (C=O) groups excluding carboxylic acids is 1. The van der Waals surface area contributed by atoms with E-state index in [1.165, 1.54) is 5.57 Å². The second-order valence-electron chi connectivity index (χ2n) is 9.07. The number of fused-ring (bicyclic) bond motifs is 5. The Morgan fingerprint density at radius 2 is 1.80 bits per heavy atom. The molecule has 0 saturated heterocycles. The third-order valence-corrected chi connectivity index (χ3v) is 8.54. The highest BCUT2D eigenvalue weighted by atomic mass is 32.3. The molecule has 140 valence electrons. The van der Waals surface area contributed by atoms with Crippen LogP contribution in [0.1, 0.15) is 65.2 Å². The van der Waals surface area contributed by atoms with Gasteiger partial charge in [0.2, 0.25) is 0 Å². The van der Waals surface area contributed by atoms with Gasteiger partial charge in [0.25, 0.3) is 0 Å². The summed E-state index contributed by atoms with van der Waals surface area (Å²) in [7, 11) is -4.40. The van der Waals surface area contributed by atoms with Crippen LogP contribution in [0.5, 0.6) is 0 Å². The van der Waals surface area contributed by atoms with Crippen LogP contribution in [0.4, 0.5) is 0 Å². The second-order valence-corrected chi connectivity index (χ2v) is 10.1. The van der Waals surface area contributed by atoms with E-state index in [4.69, 9.17) is 8.74 Å². The van der Waals surface area contributed by atoms with Crippen LogP contribution in [0.25, 0.3) is 0 Å². The van der Waals surface area contributed by atoms with Crippen LogP contribution in [0.15, 0.2) is 11.6 Å². The van der Waals surface area contributed by atoms with Gasteiger partial charge in [0.15, 0.2) is 0 Å². The maximum Gasteiger partial charge on any atom is 0.397 e. The number of allylic oxidation sites excluding steroid dienone is 1. The van der Waals surface area contributed by atoms with Crippen LogP contribution < -0.4 is 0 Å². The summed E-state index contributed by atoms with van der Waals surface area (Å²) < 4.78 is 35.9. The molecular weight excluding hydrogens is 340 g/mol. The molecule has 4 aliphatic rings. The average molecular weight is 368 g/mol. The molecule has 0 aromatic rings. The Balaban J connectivity index is 1.59. The number of hydrogen-bond donors (Lipinski definition) is 1. The first-order chi connectivity index (χ1) is 11.6. The monoisotopic (exact) mass is 368 g/mol. The Hall–Kier alpha value is -0.720. The normalized spacial score (nSPS) is 46.8. The fourth-order valence-corrected chi connectivity index (χ4v) is 7.16. The Bertz CT molecular complexity index is 726. The van der Waals surface area contributed by atoms with Crippen molar-refractivity contribution in [3.63, 3.8) is 0 Å². The van der Waals surface area contributed by atoms with Crippen molar-refractivity contribution in [1.82, 2.24) is 0 Å². The summed E-state index contributed by atoms with van der Waals surface area (Å²) in [6.45, 7) is 4.50. The van der Waals surface area contributed by atoms with Crippen molar-refractivity contribution >= 4 is 16.2 Å². The Morgan fingerprint density at radius 1 is 1.12 bits per heavy atom. The molecule has 6 atom stereocenters. The minimum Gasteiger partial charge on any atom is -0.299 e. The van der Waals surface area contributed by atoms with Crippen molar-refractivity contribution in [2.45, 2.75) is 71.3 Å². The first kappa shape index (κ1) is 17.7. The first-order valence-corrected chi connectivity index (χ1v) is 10.9. The molecule has 0 unspecified atom stereocenters. The third kappa shape index (κ3) is 2.72. The predicted octanol–water partition coefficient (Wildman–Crippen LogP) is 3.71. The molecule has 25 heavy (non-hydrogen) atoms. The number of carbonyl (C=O) groups is 1. The van der Waals surface area contributed by atoms with Crippen LogP contribution in [0, 0.1) is 28.6 Å². The third-order valence-electron chi connectivity index (χ3n) is 8.03. The van der Waals surface area contributed by atoms with Crippen molar-refractivity contribution in [1.29, 1.82) is 0 Å². The molecule has 4 rings (SSSR count). The molecular formula is C19H28O5S. The van der Waals surface area contributed by atoms with E-state index in [0.29, 0.717) is 36.4 Å². The fraction of sp³-hybridized carbons (Fsp3) is 0.842. The van der Waals surface area contributed by atoms with E-state index in [-0.39, 0.29) is 10.8 Å². The van der Waals surface area contributed by atoms with Gasteiger partial charge in [-0.25, -0.2) is 4.18 Å². The van der Waals surface area contributed by atoms with Crippen molar-refractivity contribution in [2.75, 3.05) is 0 Å². The van der Waals surface area contributed by atoms with Gasteiger partial charge in [-0.15, -0.1) is 0 Å². The second kappa shape index (κ2) is 5.64. The van der Waals surface area contributed by atoms with E-state index in [1.54, 1.807) is 0 Å². The maximum absolute atomic E-state index is 12.4. The summed E-state index contributed by atoms with van der Waals surface area (Å²) in [6, 6.07) is 0. The van der Waals surface area contributed by atoms with Gasteiger partial charge in [-0.2, -0.15) is 8.42 Å². The first-order valence-electron chi connectivity index (χ1n) is 9.52. The van der Waals surface area contributed by atoms with Crippen LogP contribution in [0.3, 0.4) is 0 Å². The highest BCUT2D eigenvalue weighted by Crippen LogP contribution is 2.64. The molecule has 0 amide bonds. The van der Waals surface area contributed by atoms with E-state index in [2.05, 4.69) is 19.9 Å². The zero-order valence-electron chi connectivity index (χ0n) is 15.0. The predicted molar refractivity (Wildman–Crippen MR) is 93.1 cm³/mol. The van der Waals surface area contributed by atoms with Gasteiger partial charge >= 0.3 is 10.4 Å². The molecule has 3 saturated carbocycles. The minimum absolute atomic E-state index is 0.0783. The lowest BCUT2D eigenvalue weighted by Crippen LogP contribution is -2.50. The molecule has 0 radical (unpaired) electrons. The fourth-order valence-electron chi connectivity index (χ4n) is 6.65. The summed E-state index contributed by atoms with van der Waals surface area (Å²) in [5, 5.41) is 0. The lowest BCUT2D eigenvalue weighted by molar-refractivity contribution is -0.131. The van der Waals surface area contributed by atoms with Gasteiger partial charge in [-0.1, -0.05) is 25.5 Å².